The fourth-order valence-corrected chi connectivity index (χ4v) is 3.99. The van der Waals surface area contributed by atoms with Gasteiger partial charge in [-0.15, -0.1) is 0 Å². The van der Waals surface area contributed by atoms with Gasteiger partial charge in [0.15, 0.2) is 0 Å². The van der Waals surface area contributed by atoms with Gasteiger partial charge in [0, 0.05) is 11.8 Å². The Balaban J connectivity index is 0.00000112. The minimum Gasteiger partial charge on any atom is -1.00 e. The van der Waals surface area contributed by atoms with Crippen molar-refractivity contribution < 1.29 is 28.5 Å². The molecule has 0 unspecified atom stereocenters. The van der Waals surface area contributed by atoms with Crippen molar-refractivity contribution in [1.82, 2.24) is 0 Å². The molecule has 0 aliphatic rings. The number of aryl methyl sites for hydroxylation is 1. The first kappa shape index (κ1) is 13.3. The number of nitrogens with zero attached hydrogens (tertiary/aromatic N) is 1. The molecule has 15 heavy (non-hydrogen) atoms. The number of thioether (sulfide) groups is 1. The Kier molecular flexibility index (Phi) is 5.35. The summed E-state index contributed by atoms with van der Waals surface area (Å²) in [7, 11) is 0. The summed E-state index contributed by atoms with van der Waals surface area (Å²) >= 11 is 3.83. The summed E-state index contributed by atoms with van der Waals surface area (Å²) in [6.07, 6.45) is 0. The first-order chi connectivity index (χ1) is 6.86. The maximum atomic E-state index is 2.40. The lowest BCUT2D eigenvalue weighted by Crippen LogP contribution is -3.00. The molecular formula is C11H14INS2. The molecule has 0 N–H and O–H groups in total. The summed E-state index contributed by atoms with van der Waals surface area (Å²) in [4.78, 5) is 0. The van der Waals surface area contributed by atoms with Crippen LogP contribution in [-0.4, -0.2) is 5.75 Å². The zero-order chi connectivity index (χ0) is 9.97. The van der Waals surface area contributed by atoms with Crippen molar-refractivity contribution in [2.24, 2.45) is 0 Å². The van der Waals surface area contributed by atoms with Crippen LogP contribution in [-0.2, 0) is 6.54 Å². The van der Waals surface area contributed by atoms with E-state index < -0.39 is 0 Å². The Morgan fingerprint density at radius 3 is 2.67 bits per heavy atom. The van der Waals surface area contributed by atoms with Gasteiger partial charge in [-0.25, -0.2) is 0 Å². The molecular weight excluding hydrogens is 337 g/mol. The minimum absolute atomic E-state index is 0. The number of hydrogen-bond acceptors (Lipinski definition) is 2. The first-order valence-electron chi connectivity index (χ1n) is 4.91. The van der Waals surface area contributed by atoms with Crippen molar-refractivity contribution in [3.8, 4) is 0 Å². The number of thiazole rings is 1. The molecule has 0 aliphatic carbocycles. The monoisotopic (exact) mass is 351 g/mol. The molecule has 0 amide bonds. The summed E-state index contributed by atoms with van der Waals surface area (Å²) in [5.74, 6) is 1.15. The molecule has 0 aliphatic heterocycles. The maximum Gasteiger partial charge on any atom is 0.298 e. The van der Waals surface area contributed by atoms with Crippen LogP contribution in [0.25, 0.3) is 10.2 Å². The highest BCUT2D eigenvalue weighted by atomic mass is 127. The van der Waals surface area contributed by atoms with Crippen molar-refractivity contribution >= 4 is 33.3 Å². The number of aromatic nitrogens is 1. The average Bonchev–Trinajstić information content (AvgIpc) is 2.55. The Morgan fingerprint density at radius 1 is 1.27 bits per heavy atom. The second-order valence-corrected chi connectivity index (χ2v) is 5.55. The Hall–Kier alpha value is 0.190. The van der Waals surface area contributed by atoms with E-state index in [1.165, 1.54) is 14.6 Å². The van der Waals surface area contributed by atoms with Crippen LogP contribution in [0.2, 0.25) is 0 Å². The van der Waals surface area contributed by atoms with E-state index in [1.807, 2.05) is 23.1 Å². The van der Waals surface area contributed by atoms with Crippen LogP contribution in [0.4, 0.5) is 0 Å². The van der Waals surface area contributed by atoms with E-state index in [9.17, 15) is 0 Å². The van der Waals surface area contributed by atoms with Gasteiger partial charge in [0.2, 0.25) is 5.52 Å². The lowest BCUT2D eigenvalue weighted by atomic mass is 10.3. The quantitative estimate of drug-likeness (QED) is 0.438. The van der Waals surface area contributed by atoms with Crippen molar-refractivity contribution in [3.63, 3.8) is 0 Å². The average molecular weight is 351 g/mol. The molecule has 2 rings (SSSR count). The number of halogens is 1. The van der Waals surface area contributed by atoms with Gasteiger partial charge in [0.05, 0.1) is 0 Å². The fourth-order valence-electron chi connectivity index (χ4n) is 1.54. The summed E-state index contributed by atoms with van der Waals surface area (Å²) in [5.41, 5.74) is 1.37. The molecule has 2 aromatic rings. The third-order valence-corrected chi connectivity index (χ3v) is 4.48. The molecule has 0 fully saturated rings. The van der Waals surface area contributed by atoms with Gasteiger partial charge in [0.25, 0.3) is 4.34 Å². The predicted octanol–water partition coefficient (Wildman–Crippen LogP) is 0.325. The number of benzene rings is 1. The summed E-state index contributed by atoms with van der Waals surface area (Å²) in [6.45, 7) is 5.47. The van der Waals surface area contributed by atoms with E-state index in [0.29, 0.717) is 0 Å². The topological polar surface area (TPSA) is 3.88 Å². The fraction of sp³-hybridized carbons (Fsp3) is 0.364. The van der Waals surface area contributed by atoms with Gasteiger partial charge in [-0.05, 0) is 24.8 Å². The number of fused-ring (bicyclic) bond motifs is 1. The van der Waals surface area contributed by atoms with E-state index >= 15 is 0 Å². The van der Waals surface area contributed by atoms with Crippen LogP contribution < -0.4 is 28.5 Å². The van der Waals surface area contributed by atoms with Gasteiger partial charge in [0.1, 0.15) is 11.2 Å². The molecule has 0 spiro atoms. The maximum absolute atomic E-state index is 2.40. The molecule has 1 nitrogen and oxygen atoms in total. The highest BCUT2D eigenvalue weighted by Gasteiger charge is 2.17. The first-order valence-corrected chi connectivity index (χ1v) is 6.71. The van der Waals surface area contributed by atoms with E-state index in [4.69, 9.17) is 0 Å². The van der Waals surface area contributed by atoms with Crippen LogP contribution in [0, 0.1) is 0 Å². The van der Waals surface area contributed by atoms with Crippen molar-refractivity contribution in [3.05, 3.63) is 24.3 Å². The highest BCUT2D eigenvalue weighted by Crippen LogP contribution is 2.27. The van der Waals surface area contributed by atoms with E-state index in [0.717, 1.165) is 12.3 Å². The zero-order valence-corrected chi connectivity index (χ0v) is 12.7. The predicted molar refractivity (Wildman–Crippen MR) is 64.1 cm³/mol. The Labute approximate surface area is 116 Å². The SMILES string of the molecule is CCSc1sc2ccccc2[n+]1CC.[I-]. The van der Waals surface area contributed by atoms with Crippen LogP contribution in [0.3, 0.4) is 0 Å². The summed E-state index contributed by atoms with van der Waals surface area (Å²) < 4.78 is 5.22. The van der Waals surface area contributed by atoms with Crippen molar-refractivity contribution in [1.29, 1.82) is 0 Å². The second-order valence-electron chi connectivity index (χ2n) is 3.01. The molecule has 1 aromatic heterocycles. The van der Waals surface area contributed by atoms with E-state index in [1.54, 1.807) is 0 Å². The number of hydrogen-bond donors (Lipinski definition) is 0. The van der Waals surface area contributed by atoms with Crippen molar-refractivity contribution in [2.45, 2.75) is 24.7 Å². The molecule has 82 valence electrons. The summed E-state index contributed by atoms with van der Waals surface area (Å²) in [6, 6.07) is 8.63. The van der Waals surface area contributed by atoms with Crippen LogP contribution in [0.1, 0.15) is 13.8 Å². The number of rotatable bonds is 3. The van der Waals surface area contributed by atoms with Gasteiger partial charge in [-0.3, -0.25) is 0 Å². The van der Waals surface area contributed by atoms with Crippen LogP contribution in [0.15, 0.2) is 28.6 Å². The Morgan fingerprint density at radius 2 is 2.00 bits per heavy atom. The molecule has 4 heteroatoms. The normalized spacial score (nSPS) is 10.3. The summed E-state index contributed by atoms with van der Waals surface area (Å²) in [5, 5.41) is 0. The molecule has 0 radical (unpaired) electrons. The van der Waals surface area contributed by atoms with E-state index in [2.05, 4.69) is 42.7 Å². The molecule has 0 bridgehead atoms. The van der Waals surface area contributed by atoms with E-state index in [-0.39, 0.29) is 24.0 Å². The van der Waals surface area contributed by atoms with Crippen molar-refractivity contribution in [2.75, 3.05) is 5.75 Å². The molecule has 0 saturated carbocycles. The molecule has 1 heterocycles. The third kappa shape index (κ3) is 2.65. The standard InChI is InChI=1S/C11H14NS2.HI/c1-3-12-9-7-5-6-8-10(9)14-11(12)13-4-2;/h5-8H,3-4H2,1-2H3;1H/q+1;/p-1. The van der Waals surface area contributed by atoms with Crippen LogP contribution in [0.5, 0.6) is 0 Å². The molecule has 0 saturated heterocycles. The zero-order valence-electron chi connectivity index (χ0n) is 8.87. The molecule has 1 aromatic carbocycles. The Bertz CT molecular complexity index is 439. The third-order valence-electron chi connectivity index (χ3n) is 2.16. The largest absolute Gasteiger partial charge is 1.00 e. The van der Waals surface area contributed by atoms with Gasteiger partial charge < -0.3 is 24.0 Å². The smallest absolute Gasteiger partial charge is 0.298 e. The highest BCUT2D eigenvalue weighted by molar-refractivity contribution is 8.00. The van der Waals surface area contributed by atoms with Crippen LogP contribution >= 0.6 is 23.1 Å². The molecule has 0 atom stereocenters. The lowest BCUT2D eigenvalue weighted by molar-refractivity contribution is -0.698. The van der Waals surface area contributed by atoms with Gasteiger partial charge in [-0.1, -0.05) is 30.4 Å². The van der Waals surface area contributed by atoms with Gasteiger partial charge >= 0.3 is 0 Å². The second kappa shape index (κ2) is 6.06. The van der Waals surface area contributed by atoms with Gasteiger partial charge in [-0.2, -0.15) is 4.57 Å². The number of para-hydroxylation sites is 1. The lowest BCUT2D eigenvalue weighted by Gasteiger charge is -1.92. The minimum atomic E-state index is 0.